The first kappa shape index (κ1) is 19.7. The van der Waals surface area contributed by atoms with Crippen molar-refractivity contribution in [2.24, 2.45) is 0 Å². The molecule has 0 aliphatic carbocycles. The number of phenols is 1. The molecular formula is C22H25N5O4. The number of aromatic nitrogens is 2. The number of phenolic OH excluding ortho intramolecular Hbond substituents is 1. The van der Waals surface area contributed by atoms with E-state index in [0.29, 0.717) is 35.2 Å². The Hall–Kier alpha value is -3.30. The third-order valence-electron chi connectivity index (χ3n) is 5.45. The Kier molecular flexibility index (Phi) is 5.35. The molecule has 0 spiro atoms. The number of benzene rings is 2. The molecule has 2 aliphatic heterocycles. The van der Waals surface area contributed by atoms with E-state index in [9.17, 15) is 5.11 Å². The van der Waals surface area contributed by atoms with Crippen LogP contribution in [0.1, 0.15) is 12.0 Å². The van der Waals surface area contributed by atoms with Crippen LogP contribution in [-0.4, -0.2) is 60.1 Å². The minimum Gasteiger partial charge on any atom is -0.504 e. The Bertz CT molecular complexity index is 1110. The lowest BCUT2D eigenvalue weighted by molar-refractivity contribution is 0.174. The fourth-order valence-corrected chi connectivity index (χ4v) is 3.83. The van der Waals surface area contributed by atoms with Crippen LogP contribution in [0.2, 0.25) is 0 Å². The molecule has 0 atom stereocenters. The summed E-state index contributed by atoms with van der Waals surface area (Å²) in [6.07, 6.45) is 2.31. The van der Waals surface area contributed by atoms with Crippen LogP contribution in [0.5, 0.6) is 23.0 Å². The number of nitrogens with zero attached hydrogens (tertiary/aromatic N) is 3. The molecule has 9 nitrogen and oxygen atoms in total. The number of rotatable bonds is 0. The minimum absolute atomic E-state index is 0.0610. The molecule has 5 rings (SSSR count). The maximum Gasteiger partial charge on any atom is 0.231 e. The maximum atomic E-state index is 10.4. The minimum atomic E-state index is 0.0610. The molecule has 3 N–H and O–H groups in total. The summed E-state index contributed by atoms with van der Waals surface area (Å²) in [5.41, 5.74) is 2.51. The molecule has 0 unspecified atom stereocenters. The predicted molar refractivity (Wildman–Crippen MR) is 116 cm³/mol. The average molecular weight is 423 g/mol. The Morgan fingerprint density at radius 1 is 1.06 bits per heavy atom. The molecule has 1 aromatic heterocycles. The van der Waals surface area contributed by atoms with Crippen molar-refractivity contribution in [1.29, 1.82) is 0 Å². The predicted octanol–water partition coefficient (Wildman–Crippen LogP) is 2.61. The second kappa shape index (κ2) is 8.44. The van der Waals surface area contributed by atoms with Crippen LogP contribution in [0.25, 0.3) is 10.9 Å². The summed E-state index contributed by atoms with van der Waals surface area (Å²) < 4.78 is 17.2. The van der Waals surface area contributed by atoms with Crippen molar-refractivity contribution in [1.82, 2.24) is 20.2 Å². The highest BCUT2D eigenvalue weighted by molar-refractivity contribution is 5.94. The zero-order valence-electron chi connectivity index (χ0n) is 17.4. The van der Waals surface area contributed by atoms with E-state index in [1.807, 2.05) is 12.1 Å². The summed E-state index contributed by atoms with van der Waals surface area (Å²) in [6, 6.07) is 7.36. The van der Waals surface area contributed by atoms with Crippen LogP contribution < -0.4 is 24.8 Å². The number of hydrogen-bond acceptors (Lipinski definition) is 9. The summed E-state index contributed by atoms with van der Waals surface area (Å²) in [6.45, 7) is 4.03. The van der Waals surface area contributed by atoms with Crippen molar-refractivity contribution >= 4 is 22.4 Å². The van der Waals surface area contributed by atoms with E-state index in [2.05, 4.69) is 32.5 Å². The van der Waals surface area contributed by atoms with Gasteiger partial charge in [0.15, 0.2) is 23.0 Å². The van der Waals surface area contributed by atoms with Gasteiger partial charge in [-0.25, -0.2) is 9.97 Å². The summed E-state index contributed by atoms with van der Waals surface area (Å²) in [5, 5.41) is 18.0. The van der Waals surface area contributed by atoms with Gasteiger partial charge in [0.05, 0.1) is 17.8 Å². The summed E-state index contributed by atoms with van der Waals surface area (Å²) in [5.74, 6) is 2.45. The first-order valence-corrected chi connectivity index (χ1v) is 10.4. The van der Waals surface area contributed by atoms with E-state index in [-0.39, 0.29) is 12.5 Å². The molecule has 3 heterocycles. The monoisotopic (exact) mass is 423 g/mol. The second-order valence-electron chi connectivity index (χ2n) is 7.71. The number of likely N-dealkylation sites (N-methyl/N-ethyl adjacent to an activating group) is 1. The third-order valence-corrected chi connectivity index (χ3v) is 5.45. The van der Waals surface area contributed by atoms with Crippen molar-refractivity contribution in [2.45, 2.75) is 13.0 Å². The fourth-order valence-electron chi connectivity index (χ4n) is 3.83. The smallest absolute Gasteiger partial charge is 0.231 e. The van der Waals surface area contributed by atoms with Crippen molar-refractivity contribution in [2.75, 3.05) is 45.4 Å². The highest BCUT2D eigenvalue weighted by Crippen LogP contribution is 2.44. The molecule has 9 heteroatoms. The molecule has 0 amide bonds. The van der Waals surface area contributed by atoms with Crippen molar-refractivity contribution in [3.05, 3.63) is 36.2 Å². The van der Waals surface area contributed by atoms with Crippen LogP contribution >= 0.6 is 0 Å². The number of hydrogen-bond donors (Lipinski definition) is 3. The molecule has 0 radical (unpaired) electrons. The zero-order valence-corrected chi connectivity index (χ0v) is 17.4. The van der Waals surface area contributed by atoms with Gasteiger partial charge in [-0.05, 0) is 37.7 Å². The number of ether oxygens (including phenoxy) is 3. The molecule has 0 saturated carbocycles. The van der Waals surface area contributed by atoms with Gasteiger partial charge in [0.25, 0.3) is 0 Å². The van der Waals surface area contributed by atoms with Crippen LogP contribution in [0.4, 0.5) is 11.5 Å². The Morgan fingerprint density at radius 2 is 2.00 bits per heavy atom. The van der Waals surface area contributed by atoms with E-state index in [1.54, 1.807) is 12.1 Å². The quantitative estimate of drug-likeness (QED) is 0.504. The van der Waals surface area contributed by atoms with Gasteiger partial charge >= 0.3 is 0 Å². The SMILES string of the molecule is CN1CCNCCCOc2cc3c(ncnc3cc2O)Nc2c(ccc3c2OCO3)C1. The van der Waals surface area contributed by atoms with Gasteiger partial charge in [0, 0.05) is 31.1 Å². The molecule has 162 valence electrons. The van der Waals surface area contributed by atoms with Crippen LogP contribution in [0.3, 0.4) is 0 Å². The molecule has 3 aromatic rings. The summed E-state index contributed by atoms with van der Waals surface area (Å²) in [4.78, 5) is 11.0. The van der Waals surface area contributed by atoms with E-state index in [0.717, 1.165) is 49.2 Å². The lowest BCUT2D eigenvalue weighted by Crippen LogP contribution is -2.30. The molecule has 2 aliphatic rings. The standard InChI is InChI=1S/C22H25N5O4/c1-27-7-6-23-5-2-8-29-19-9-15-16(10-17(19)28)24-12-25-22(15)26-20-14(11-27)3-4-18-21(20)31-13-30-18/h3-4,9-10,12,23,28H,2,5-8,11,13H2,1H3,(H,24,25,26). The average Bonchev–Trinajstić information content (AvgIpc) is 3.23. The maximum absolute atomic E-state index is 10.4. The van der Waals surface area contributed by atoms with Gasteiger partial charge in [0.1, 0.15) is 12.1 Å². The Balaban J connectivity index is 1.62. The molecule has 0 saturated heterocycles. The lowest BCUT2D eigenvalue weighted by atomic mass is 10.1. The van der Waals surface area contributed by atoms with Gasteiger partial charge < -0.3 is 34.9 Å². The van der Waals surface area contributed by atoms with Crippen LogP contribution in [0, 0.1) is 0 Å². The van der Waals surface area contributed by atoms with Gasteiger partial charge in [-0.1, -0.05) is 6.07 Å². The van der Waals surface area contributed by atoms with Gasteiger partial charge in [0.2, 0.25) is 6.79 Å². The third kappa shape index (κ3) is 4.01. The largest absolute Gasteiger partial charge is 0.504 e. The fraction of sp³-hybridized carbons (Fsp3) is 0.364. The Morgan fingerprint density at radius 3 is 2.94 bits per heavy atom. The number of anilines is 2. The van der Waals surface area contributed by atoms with Gasteiger partial charge in [-0.2, -0.15) is 0 Å². The number of aromatic hydroxyl groups is 1. The Labute approximate surface area is 180 Å². The lowest BCUT2D eigenvalue weighted by Gasteiger charge is -2.21. The van der Waals surface area contributed by atoms with E-state index in [1.165, 1.54) is 6.33 Å². The van der Waals surface area contributed by atoms with Crippen LogP contribution in [0.15, 0.2) is 30.6 Å². The van der Waals surface area contributed by atoms with Crippen molar-refractivity contribution < 1.29 is 19.3 Å². The normalized spacial score (nSPS) is 17.2. The zero-order chi connectivity index (χ0) is 21.2. The van der Waals surface area contributed by atoms with Crippen molar-refractivity contribution in [3.8, 4) is 23.0 Å². The summed E-state index contributed by atoms with van der Waals surface area (Å²) in [7, 11) is 2.09. The number of fused-ring (bicyclic) bond motifs is 4. The van der Waals surface area contributed by atoms with Gasteiger partial charge in [-0.3, -0.25) is 0 Å². The first-order valence-electron chi connectivity index (χ1n) is 10.4. The highest BCUT2D eigenvalue weighted by atomic mass is 16.7. The summed E-state index contributed by atoms with van der Waals surface area (Å²) >= 11 is 0. The van der Waals surface area contributed by atoms with E-state index >= 15 is 0 Å². The van der Waals surface area contributed by atoms with E-state index in [4.69, 9.17) is 14.2 Å². The van der Waals surface area contributed by atoms with E-state index < -0.39 is 0 Å². The second-order valence-corrected chi connectivity index (χ2v) is 7.71. The molecule has 31 heavy (non-hydrogen) atoms. The van der Waals surface area contributed by atoms with Crippen LogP contribution in [-0.2, 0) is 6.54 Å². The number of nitrogens with one attached hydrogen (secondary N) is 2. The topological polar surface area (TPSA) is 101 Å². The molecule has 2 aromatic carbocycles. The van der Waals surface area contributed by atoms with Gasteiger partial charge in [-0.15, -0.1) is 0 Å². The molecular weight excluding hydrogens is 398 g/mol. The highest BCUT2D eigenvalue weighted by Gasteiger charge is 2.23. The molecule has 0 fully saturated rings. The molecule has 2 bridgehead atoms. The van der Waals surface area contributed by atoms with Crippen molar-refractivity contribution in [3.63, 3.8) is 0 Å². The first-order chi connectivity index (χ1) is 15.2.